The molecule has 0 aliphatic carbocycles. The van der Waals surface area contributed by atoms with E-state index in [1.165, 1.54) is 20.2 Å². The highest BCUT2D eigenvalue weighted by Crippen LogP contribution is 2.29. The van der Waals surface area contributed by atoms with E-state index in [0.29, 0.717) is 10.2 Å². The van der Waals surface area contributed by atoms with Crippen molar-refractivity contribution in [3.8, 4) is 5.75 Å². The molecule has 0 bridgehead atoms. The summed E-state index contributed by atoms with van der Waals surface area (Å²) in [5.74, 6) is -0.194. The summed E-state index contributed by atoms with van der Waals surface area (Å²) in [6.07, 6.45) is 0. The van der Waals surface area contributed by atoms with Gasteiger partial charge in [-0.15, -0.1) is 0 Å². The molecule has 0 unspecified atom stereocenters. The van der Waals surface area contributed by atoms with Crippen LogP contribution in [-0.4, -0.2) is 39.3 Å². The van der Waals surface area contributed by atoms with Crippen molar-refractivity contribution in [1.82, 2.24) is 4.31 Å². The number of aryl methyl sites for hydroxylation is 3. The van der Waals surface area contributed by atoms with Crippen LogP contribution in [0.3, 0.4) is 0 Å². The molecule has 1 N–H and O–H groups in total. The van der Waals surface area contributed by atoms with Crippen molar-refractivity contribution in [2.24, 2.45) is 0 Å². The van der Waals surface area contributed by atoms with E-state index in [9.17, 15) is 13.2 Å². The molecule has 1 amide bonds. The lowest BCUT2D eigenvalue weighted by molar-refractivity contribution is -0.116. The number of carbonyl (C=O) groups is 1. The predicted octanol–water partition coefficient (Wildman–Crippen LogP) is 3.64. The first kappa shape index (κ1) is 21.4. The Balaban J connectivity index is 2.23. The first-order valence-corrected chi connectivity index (χ1v) is 10.5. The number of likely N-dealkylation sites (N-methyl/N-ethyl adjacent to an activating group) is 1. The van der Waals surface area contributed by atoms with Gasteiger partial charge >= 0.3 is 0 Å². The van der Waals surface area contributed by atoms with E-state index in [-0.39, 0.29) is 17.2 Å². The smallest absolute Gasteiger partial charge is 0.247 e. The molecule has 0 heterocycles. The average molecular weight is 455 g/mol. The van der Waals surface area contributed by atoms with Crippen LogP contribution in [0.25, 0.3) is 0 Å². The second-order valence-corrected chi connectivity index (χ2v) is 9.31. The number of amides is 1. The van der Waals surface area contributed by atoms with Crippen LogP contribution in [0.4, 0.5) is 5.69 Å². The van der Waals surface area contributed by atoms with Crippen molar-refractivity contribution in [3.05, 3.63) is 51.5 Å². The Bertz CT molecular complexity index is 951. The molecule has 146 valence electrons. The second-order valence-electron chi connectivity index (χ2n) is 6.38. The lowest BCUT2D eigenvalue weighted by atomic mass is 10.1. The summed E-state index contributed by atoms with van der Waals surface area (Å²) < 4.78 is 32.5. The first-order valence-electron chi connectivity index (χ1n) is 8.24. The highest BCUT2D eigenvalue weighted by Gasteiger charge is 2.27. The average Bonchev–Trinajstić information content (AvgIpc) is 2.57. The zero-order chi connectivity index (χ0) is 20.4. The number of hydrogen-bond donors (Lipinski definition) is 1. The van der Waals surface area contributed by atoms with E-state index in [2.05, 4.69) is 21.2 Å². The summed E-state index contributed by atoms with van der Waals surface area (Å²) in [5.41, 5.74) is 3.67. The van der Waals surface area contributed by atoms with Crippen LogP contribution >= 0.6 is 15.9 Å². The van der Waals surface area contributed by atoms with Gasteiger partial charge < -0.3 is 10.1 Å². The maximum absolute atomic E-state index is 12.9. The number of nitrogens with zero attached hydrogens (tertiary/aromatic N) is 1. The number of rotatable bonds is 6. The lowest BCUT2D eigenvalue weighted by Gasteiger charge is -2.19. The van der Waals surface area contributed by atoms with Crippen molar-refractivity contribution in [1.29, 1.82) is 0 Å². The number of anilines is 1. The number of methoxy groups -OCH3 is 1. The lowest BCUT2D eigenvalue weighted by Crippen LogP contribution is -2.35. The fraction of sp³-hybridized carbons (Fsp3) is 0.316. The van der Waals surface area contributed by atoms with Crippen LogP contribution in [0.15, 0.2) is 39.7 Å². The molecule has 0 saturated heterocycles. The Labute approximate surface area is 168 Å². The van der Waals surface area contributed by atoms with Crippen molar-refractivity contribution < 1.29 is 17.9 Å². The monoisotopic (exact) mass is 454 g/mol. The molecule has 0 radical (unpaired) electrons. The van der Waals surface area contributed by atoms with Gasteiger partial charge in [0.1, 0.15) is 10.6 Å². The summed E-state index contributed by atoms with van der Waals surface area (Å²) >= 11 is 3.27. The van der Waals surface area contributed by atoms with Gasteiger partial charge in [-0.05, 0) is 50.1 Å². The van der Waals surface area contributed by atoms with E-state index in [4.69, 9.17) is 4.74 Å². The summed E-state index contributed by atoms with van der Waals surface area (Å²) in [6, 6.07) is 8.64. The molecule has 0 spiro atoms. The molecular weight excluding hydrogens is 432 g/mol. The normalized spacial score (nSPS) is 11.5. The molecule has 2 aromatic rings. The molecule has 0 saturated carbocycles. The zero-order valence-electron chi connectivity index (χ0n) is 16.0. The number of nitrogens with one attached hydrogen (secondary N) is 1. The van der Waals surface area contributed by atoms with Gasteiger partial charge in [0.25, 0.3) is 0 Å². The molecule has 0 fully saturated rings. The van der Waals surface area contributed by atoms with Crippen LogP contribution in [-0.2, 0) is 14.8 Å². The van der Waals surface area contributed by atoms with Crippen LogP contribution in [0.1, 0.15) is 16.7 Å². The topological polar surface area (TPSA) is 75.7 Å². The van der Waals surface area contributed by atoms with Crippen LogP contribution in [0, 0.1) is 20.8 Å². The Morgan fingerprint density at radius 2 is 1.74 bits per heavy atom. The van der Waals surface area contributed by atoms with E-state index in [1.807, 2.05) is 32.9 Å². The Morgan fingerprint density at radius 3 is 2.30 bits per heavy atom. The quantitative estimate of drug-likeness (QED) is 0.722. The number of sulfonamides is 1. The molecule has 6 nitrogen and oxygen atoms in total. The van der Waals surface area contributed by atoms with Crippen molar-refractivity contribution in [2.45, 2.75) is 25.7 Å². The highest BCUT2D eigenvalue weighted by molar-refractivity contribution is 9.10. The Hall–Kier alpha value is -1.90. The van der Waals surface area contributed by atoms with E-state index in [0.717, 1.165) is 21.0 Å². The molecule has 0 aliphatic heterocycles. The third-order valence-corrected chi connectivity index (χ3v) is 6.44. The van der Waals surface area contributed by atoms with Gasteiger partial charge in [-0.25, -0.2) is 8.42 Å². The fourth-order valence-electron chi connectivity index (χ4n) is 2.86. The second kappa shape index (κ2) is 8.41. The molecule has 0 aromatic heterocycles. The highest BCUT2D eigenvalue weighted by atomic mass is 79.9. The minimum Gasteiger partial charge on any atom is -0.495 e. The van der Waals surface area contributed by atoms with Gasteiger partial charge in [0.15, 0.2) is 0 Å². The van der Waals surface area contributed by atoms with Crippen LogP contribution in [0.2, 0.25) is 0 Å². The van der Waals surface area contributed by atoms with E-state index >= 15 is 0 Å². The number of halogens is 1. The Morgan fingerprint density at radius 1 is 1.15 bits per heavy atom. The largest absolute Gasteiger partial charge is 0.495 e. The van der Waals surface area contributed by atoms with Crippen molar-refractivity contribution in [2.75, 3.05) is 26.0 Å². The van der Waals surface area contributed by atoms with Crippen LogP contribution in [0.5, 0.6) is 5.75 Å². The van der Waals surface area contributed by atoms with Crippen molar-refractivity contribution >= 4 is 37.5 Å². The predicted molar refractivity (Wildman–Crippen MR) is 110 cm³/mol. The minimum atomic E-state index is -3.90. The van der Waals surface area contributed by atoms with Gasteiger partial charge in [-0.1, -0.05) is 33.6 Å². The number of ether oxygens (including phenoxy) is 1. The Kier molecular flexibility index (Phi) is 6.67. The maximum atomic E-state index is 12.9. The number of benzene rings is 2. The maximum Gasteiger partial charge on any atom is 0.247 e. The molecule has 2 rings (SSSR count). The summed E-state index contributed by atoms with van der Waals surface area (Å²) in [4.78, 5) is 12.5. The van der Waals surface area contributed by atoms with Gasteiger partial charge in [-0.2, -0.15) is 4.31 Å². The third-order valence-electron chi connectivity index (χ3n) is 4.12. The molecular formula is C19H23BrN2O4S. The molecule has 8 heteroatoms. The third kappa shape index (κ3) is 4.88. The zero-order valence-corrected chi connectivity index (χ0v) is 18.4. The summed E-state index contributed by atoms with van der Waals surface area (Å²) in [6.45, 7) is 5.48. The standard InChI is InChI=1S/C19H23BrN2O4S/c1-12-8-13(2)19(14(3)9-12)21-18(23)11-22(4)27(24,25)17-10-15(20)6-7-16(17)26-5/h6-10H,11H2,1-5H3,(H,21,23). The van der Waals surface area contributed by atoms with Crippen LogP contribution < -0.4 is 10.1 Å². The van der Waals surface area contributed by atoms with Gasteiger partial charge in [0.2, 0.25) is 15.9 Å². The summed E-state index contributed by atoms with van der Waals surface area (Å²) in [7, 11) is -1.14. The number of carbonyl (C=O) groups excluding carboxylic acids is 1. The minimum absolute atomic E-state index is 0.00243. The van der Waals surface area contributed by atoms with Gasteiger partial charge in [0.05, 0.1) is 13.7 Å². The molecule has 2 aromatic carbocycles. The van der Waals surface area contributed by atoms with E-state index in [1.54, 1.807) is 12.1 Å². The van der Waals surface area contributed by atoms with Gasteiger partial charge in [-0.3, -0.25) is 4.79 Å². The molecule has 27 heavy (non-hydrogen) atoms. The van der Waals surface area contributed by atoms with Gasteiger partial charge in [0, 0.05) is 17.2 Å². The number of hydrogen-bond acceptors (Lipinski definition) is 4. The molecule has 0 atom stereocenters. The van der Waals surface area contributed by atoms with Crippen molar-refractivity contribution in [3.63, 3.8) is 0 Å². The molecule has 0 aliphatic rings. The fourth-order valence-corrected chi connectivity index (χ4v) is 4.68. The van der Waals surface area contributed by atoms with E-state index < -0.39 is 15.9 Å². The first-order chi connectivity index (χ1) is 12.6. The summed E-state index contributed by atoms with van der Waals surface area (Å²) in [5, 5.41) is 2.81. The SMILES string of the molecule is COc1ccc(Br)cc1S(=O)(=O)N(C)CC(=O)Nc1c(C)cc(C)cc1C.